The van der Waals surface area contributed by atoms with E-state index in [1.807, 2.05) is 0 Å². The van der Waals surface area contributed by atoms with Crippen LogP contribution in [-0.2, 0) is 14.4 Å². The molecule has 0 rings (SSSR count). The fourth-order valence-corrected chi connectivity index (χ4v) is 0.618. The summed E-state index contributed by atoms with van der Waals surface area (Å²) in [6.07, 6.45) is -0.519. The second kappa shape index (κ2) is 5.11. The lowest BCUT2D eigenvalue weighted by Gasteiger charge is -2.18. The quantitative estimate of drug-likeness (QED) is 0.363. The first-order chi connectivity index (χ1) is 5.43. The molecule has 0 N–H and O–H groups in total. The van der Waals surface area contributed by atoms with Crippen molar-refractivity contribution in [3.63, 3.8) is 0 Å². The molecule has 0 aromatic heterocycles. The minimum Gasteiger partial charge on any atom is -0.434 e. The molecule has 1 atom stereocenters. The Kier molecular flexibility index (Phi) is 4.85. The van der Waals surface area contributed by atoms with Gasteiger partial charge in [0.05, 0.1) is 5.92 Å². The number of carbonyl (C=O) groups excluding carboxylic acids is 1. The summed E-state index contributed by atoms with van der Waals surface area (Å²) in [5.74, 6) is -0.359. The van der Waals surface area contributed by atoms with Gasteiger partial charge >= 0.3 is 5.97 Å². The largest absolute Gasteiger partial charge is 0.434 e. The summed E-state index contributed by atoms with van der Waals surface area (Å²) in [6.45, 7) is 5.25. The van der Waals surface area contributed by atoms with Gasteiger partial charge in [0.25, 0.3) is 0 Å². The van der Waals surface area contributed by atoms with Crippen LogP contribution in [0.1, 0.15) is 20.8 Å². The van der Waals surface area contributed by atoms with Crippen molar-refractivity contribution < 1.29 is 14.4 Å². The molecule has 0 saturated heterocycles. The maximum absolute atomic E-state index is 11.0. The van der Waals surface area contributed by atoms with Crippen LogP contribution in [0, 0.1) is 5.92 Å². The molecule has 0 fully saturated rings. The summed E-state index contributed by atoms with van der Waals surface area (Å²) in [5, 5.41) is 1.50. The molecule has 0 aliphatic carbocycles. The Balaban J connectivity index is 3.69. The van der Waals surface area contributed by atoms with E-state index in [0.29, 0.717) is 0 Å². The Labute approximate surface area is 73.4 Å². The van der Waals surface area contributed by atoms with Crippen molar-refractivity contribution in [3.05, 3.63) is 0 Å². The highest BCUT2D eigenvalue weighted by atomic mass is 16.8. The number of ether oxygens (including phenoxy) is 1. The normalized spacial score (nSPS) is 13.6. The predicted octanol–water partition coefficient (Wildman–Crippen LogP) is 1.02. The minimum absolute atomic E-state index is 0.113. The second-order valence-corrected chi connectivity index (χ2v) is 3.08. The molecule has 0 amide bonds. The maximum atomic E-state index is 11.0. The second-order valence-electron chi connectivity index (χ2n) is 3.08. The van der Waals surface area contributed by atoms with Crippen LogP contribution in [0.15, 0.2) is 0 Å². The highest BCUT2D eigenvalue weighted by Crippen LogP contribution is 2.01. The molecule has 0 aromatic rings. The van der Waals surface area contributed by atoms with Gasteiger partial charge in [-0.2, -0.15) is 5.06 Å². The van der Waals surface area contributed by atoms with E-state index in [0.717, 1.165) is 0 Å². The molecule has 0 heterocycles. The van der Waals surface area contributed by atoms with E-state index in [1.165, 1.54) is 5.06 Å². The van der Waals surface area contributed by atoms with Crippen LogP contribution >= 0.6 is 0 Å². The van der Waals surface area contributed by atoms with Gasteiger partial charge in [-0.1, -0.05) is 13.8 Å². The molecular weight excluding hydrogens is 158 g/mol. The average Bonchev–Trinajstić information content (AvgIpc) is 1.84. The van der Waals surface area contributed by atoms with Crippen molar-refractivity contribution in [2.24, 2.45) is 5.92 Å². The summed E-state index contributed by atoms with van der Waals surface area (Å²) in [6, 6.07) is 0. The van der Waals surface area contributed by atoms with E-state index < -0.39 is 6.29 Å². The van der Waals surface area contributed by atoms with E-state index in [-0.39, 0.29) is 11.9 Å². The van der Waals surface area contributed by atoms with Gasteiger partial charge in [0.2, 0.25) is 6.29 Å². The first-order valence-electron chi connectivity index (χ1n) is 3.98. The number of rotatable bonds is 4. The summed E-state index contributed by atoms with van der Waals surface area (Å²) in [7, 11) is 3.47. The van der Waals surface area contributed by atoms with Crippen molar-refractivity contribution >= 4 is 5.97 Å². The van der Waals surface area contributed by atoms with Gasteiger partial charge in [-0.25, -0.2) is 0 Å². The van der Waals surface area contributed by atoms with E-state index in [2.05, 4.69) is 0 Å². The lowest BCUT2D eigenvalue weighted by Crippen LogP contribution is -2.27. The molecule has 0 aromatic carbocycles. The zero-order valence-electron chi connectivity index (χ0n) is 8.33. The molecular formula is C8H17NO3. The monoisotopic (exact) mass is 175 g/mol. The Morgan fingerprint density at radius 3 is 2.08 bits per heavy atom. The third kappa shape index (κ3) is 5.09. The van der Waals surface area contributed by atoms with Crippen molar-refractivity contribution in [1.29, 1.82) is 0 Å². The molecule has 1 unspecified atom stereocenters. The first kappa shape index (κ1) is 11.4. The minimum atomic E-state index is -0.519. The van der Waals surface area contributed by atoms with Crippen molar-refractivity contribution in [2.45, 2.75) is 27.1 Å². The molecule has 12 heavy (non-hydrogen) atoms. The Morgan fingerprint density at radius 2 is 1.75 bits per heavy atom. The van der Waals surface area contributed by atoms with Crippen molar-refractivity contribution in [2.75, 3.05) is 14.1 Å². The summed E-state index contributed by atoms with van der Waals surface area (Å²) in [5.41, 5.74) is 0. The first-order valence-corrected chi connectivity index (χ1v) is 3.98. The van der Waals surface area contributed by atoms with Gasteiger partial charge in [0, 0.05) is 14.1 Å². The zero-order valence-corrected chi connectivity index (χ0v) is 8.33. The smallest absolute Gasteiger partial charge is 0.310 e. The highest BCUT2D eigenvalue weighted by molar-refractivity contribution is 5.71. The van der Waals surface area contributed by atoms with E-state index >= 15 is 0 Å². The number of hydrogen-bond acceptors (Lipinski definition) is 4. The number of carbonyl (C=O) groups is 1. The van der Waals surface area contributed by atoms with Crippen molar-refractivity contribution in [1.82, 2.24) is 5.06 Å². The fourth-order valence-electron chi connectivity index (χ4n) is 0.618. The van der Waals surface area contributed by atoms with Gasteiger partial charge in [-0.05, 0) is 6.92 Å². The Morgan fingerprint density at radius 1 is 1.25 bits per heavy atom. The van der Waals surface area contributed by atoms with Gasteiger partial charge in [0.1, 0.15) is 0 Å². The molecule has 4 nitrogen and oxygen atoms in total. The summed E-state index contributed by atoms with van der Waals surface area (Å²) >= 11 is 0. The average molecular weight is 175 g/mol. The number of hydroxylamine groups is 2. The molecule has 0 bridgehead atoms. The lowest BCUT2D eigenvalue weighted by molar-refractivity contribution is -0.248. The molecule has 0 aliphatic rings. The van der Waals surface area contributed by atoms with E-state index in [9.17, 15) is 4.79 Å². The third-order valence-corrected chi connectivity index (χ3v) is 1.11. The van der Waals surface area contributed by atoms with Gasteiger partial charge < -0.3 is 4.74 Å². The van der Waals surface area contributed by atoms with Crippen LogP contribution < -0.4 is 0 Å². The zero-order chi connectivity index (χ0) is 9.72. The lowest BCUT2D eigenvalue weighted by atomic mass is 10.2. The summed E-state index contributed by atoms with van der Waals surface area (Å²) < 4.78 is 4.92. The van der Waals surface area contributed by atoms with E-state index in [4.69, 9.17) is 9.57 Å². The van der Waals surface area contributed by atoms with Gasteiger partial charge in [-0.3, -0.25) is 9.63 Å². The van der Waals surface area contributed by atoms with Gasteiger partial charge in [-0.15, -0.1) is 0 Å². The molecule has 0 saturated carbocycles. The van der Waals surface area contributed by atoms with Crippen LogP contribution in [0.5, 0.6) is 0 Å². The predicted molar refractivity (Wildman–Crippen MR) is 45.2 cm³/mol. The maximum Gasteiger partial charge on any atom is 0.310 e. The number of esters is 1. The topological polar surface area (TPSA) is 38.8 Å². The van der Waals surface area contributed by atoms with Gasteiger partial charge in [0.15, 0.2) is 0 Å². The molecule has 0 spiro atoms. The number of hydrogen-bond donors (Lipinski definition) is 0. The van der Waals surface area contributed by atoms with E-state index in [1.54, 1.807) is 34.9 Å². The highest BCUT2D eigenvalue weighted by Gasteiger charge is 2.13. The van der Waals surface area contributed by atoms with Crippen LogP contribution in [0.2, 0.25) is 0 Å². The Hall–Kier alpha value is -0.610. The van der Waals surface area contributed by atoms with Crippen molar-refractivity contribution in [3.8, 4) is 0 Å². The summed E-state index contributed by atoms with van der Waals surface area (Å²) in [4.78, 5) is 16.1. The third-order valence-electron chi connectivity index (χ3n) is 1.11. The SMILES string of the molecule is CC(OC(=O)C(C)C)ON(C)C. The molecule has 72 valence electrons. The standard InChI is InChI=1S/C8H17NO3/c1-6(2)8(10)11-7(3)12-9(4)5/h6-7H,1-5H3. The van der Waals surface area contributed by atoms with Crippen LogP contribution in [0.25, 0.3) is 0 Å². The molecule has 4 heteroatoms. The van der Waals surface area contributed by atoms with Crippen LogP contribution in [0.3, 0.4) is 0 Å². The number of nitrogens with zero attached hydrogens (tertiary/aromatic N) is 1. The van der Waals surface area contributed by atoms with Crippen LogP contribution in [0.4, 0.5) is 0 Å². The molecule has 0 aliphatic heterocycles. The Bertz CT molecular complexity index is 145. The molecule has 0 radical (unpaired) electrons. The van der Waals surface area contributed by atoms with Crippen LogP contribution in [-0.4, -0.2) is 31.4 Å². The fraction of sp³-hybridized carbons (Fsp3) is 0.875.